The Morgan fingerprint density at radius 3 is 2.27 bits per heavy atom. The Labute approximate surface area is 161 Å². The summed E-state index contributed by atoms with van der Waals surface area (Å²) >= 11 is 5.84. The molecule has 0 saturated heterocycles. The normalized spacial score (nSPS) is 27.2. The zero-order chi connectivity index (χ0) is 19.6. The molecule has 5 nitrogen and oxygen atoms in total. The van der Waals surface area contributed by atoms with E-state index in [0.717, 1.165) is 18.4 Å². The van der Waals surface area contributed by atoms with E-state index in [4.69, 9.17) is 16.3 Å². The number of esters is 1. The number of hydrogen-bond donors (Lipinski definition) is 2. The fraction of sp³-hybridized carbons (Fsp3) is 0.700. The average molecular weight is 383 g/mol. The number of halogens is 1. The summed E-state index contributed by atoms with van der Waals surface area (Å²) in [5.41, 5.74) is 1.24. The smallest absolute Gasteiger partial charge is 0.342 e. The van der Waals surface area contributed by atoms with Crippen molar-refractivity contribution in [3.63, 3.8) is 0 Å². The summed E-state index contributed by atoms with van der Waals surface area (Å²) < 4.78 is 5.94. The molecule has 1 heterocycles. The van der Waals surface area contributed by atoms with E-state index in [1.165, 1.54) is 0 Å². The number of amides is 1. The van der Waals surface area contributed by atoms with Gasteiger partial charge in [0.1, 0.15) is 22.9 Å². The monoisotopic (exact) mass is 382 g/mol. The van der Waals surface area contributed by atoms with Crippen LogP contribution in [-0.4, -0.2) is 28.3 Å². The molecule has 146 valence electrons. The van der Waals surface area contributed by atoms with Crippen LogP contribution >= 0.6 is 11.6 Å². The van der Waals surface area contributed by atoms with Crippen molar-refractivity contribution in [1.82, 2.24) is 4.98 Å². The molecule has 1 aliphatic carbocycles. The molecule has 1 saturated carbocycles. The lowest BCUT2D eigenvalue weighted by Crippen LogP contribution is -2.37. The molecule has 6 heteroatoms. The van der Waals surface area contributed by atoms with E-state index in [1.807, 2.05) is 13.8 Å². The van der Waals surface area contributed by atoms with E-state index >= 15 is 0 Å². The molecule has 3 unspecified atom stereocenters. The predicted octanol–water partition coefficient (Wildman–Crippen LogP) is 4.93. The molecule has 0 spiro atoms. The van der Waals surface area contributed by atoms with Gasteiger partial charge in [-0.3, -0.25) is 4.79 Å². The van der Waals surface area contributed by atoms with Crippen LogP contribution in [0, 0.1) is 17.8 Å². The molecule has 1 aromatic heterocycles. The summed E-state index contributed by atoms with van der Waals surface area (Å²) in [5, 5.41) is 2.02. The molecule has 0 radical (unpaired) electrons. The minimum Gasteiger partial charge on any atom is -0.458 e. The summed E-state index contributed by atoms with van der Waals surface area (Å²) in [5.74, 6) is 1.03. The van der Waals surface area contributed by atoms with Gasteiger partial charge in [-0.15, -0.1) is 11.6 Å². The number of rotatable bonds is 5. The molecule has 2 rings (SSSR count). The van der Waals surface area contributed by atoms with Crippen LogP contribution in [0.25, 0.3) is 0 Å². The minimum atomic E-state index is -0.690. The molecule has 0 bridgehead atoms. The van der Waals surface area contributed by atoms with Gasteiger partial charge in [0.25, 0.3) is 0 Å². The number of ether oxygens (including phenoxy) is 1. The Balaban J connectivity index is 2.26. The Morgan fingerprint density at radius 2 is 1.77 bits per heavy atom. The Morgan fingerprint density at radius 1 is 1.19 bits per heavy atom. The van der Waals surface area contributed by atoms with E-state index in [2.05, 4.69) is 31.1 Å². The van der Waals surface area contributed by atoms with Crippen LogP contribution in [0.4, 0.5) is 5.82 Å². The highest BCUT2D eigenvalue weighted by Gasteiger charge is 2.35. The molecule has 1 amide bonds. The van der Waals surface area contributed by atoms with Gasteiger partial charge >= 0.3 is 5.97 Å². The number of hydrogen-bond acceptors (Lipinski definition) is 3. The number of aromatic nitrogens is 1. The molecule has 1 aliphatic rings. The van der Waals surface area contributed by atoms with E-state index in [1.54, 1.807) is 13.1 Å². The number of aromatic amines is 1. The van der Waals surface area contributed by atoms with Crippen molar-refractivity contribution in [3.05, 3.63) is 17.3 Å². The number of anilines is 1. The van der Waals surface area contributed by atoms with Crippen LogP contribution in [0.3, 0.4) is 0 Å². The number of alkyl halides is 1. The number of H-pyrrole nitrogens is 1. The number of carbonyl (C=O) groups excluding carboxylic acids is 2. The maximum atomic E-state index is 13.0. The Bertz CT molecular complexity index is 641. The lowest BCUT2D eigenvalue weighted by Gasteiger charge is -2.37. The molecule has 26 heavy (non-hydrogen) atoms. The van der Waals surface area contributed by atoms with Crippen molar-refractivity contribution in [2.24, 2.45) is 17.8 Å². The van der Waals surface area contributed by atoms with Gasteiger partial charge in [0.05, 0.1) is 0 Å². The summed E-state index contributed by atoms with van der Waals surface area (Å²) in [7, 11) is 0. The standard InChI is InChI=1S/C20H31ClN2O3/c1-10(2)15-9-22-18(23-19(24)14(6)21)16(15)20(25)26-17-12(4)7-11(3)8-13(17)5/h9-14,17,22H,7-8H2,1-6H3,(H,23,24). The Hall–Kier alpha value is -1.49. The molecular formula is C20H31ClN2O3. The van der Waals surface area contributed by atoms with Crippen molar-refractivity contribution in [3.8, 4) is 0 Å². The summed E-state index contributed by atoms with van der Waals surface area (Å²) in [4.78, 5) is 28.0. The third kappa shape index (κ3) is 4.61. The maximum Gasteiger partial charge on any atom is 0.342 e. The van der Waals surface area contributed by atoms with Gasteiger partial charge in [-0.1, -0.05) is 34.6 Å². The second-order valence-electron chi connectivity index (χ2n) is 8.16. The van der Waals surface area contributed by atoms with E-state index in [0.29, 0.717) is 29.1 Å². The second kappa shape index (κ2) is 8.47. The molecule has 1 fully saturated rings. The van der Waals surface area contributed by atoms with Crippen LogP contribution in [0.5, 0.6) is 0 Å². The first-order valence-electron chi connectivity index (χ1n) is 9.48. The highest BCUT2D eigenvalue weighted by Crippen LogP contribution is 2.36. The third-order valence-electron chi connectivity index (χ3n) is 5.26. The topological polar surface area (TPSA) is 71.2 Å². The van der Waals surface area contributed by atoms with Crippen molar-refractivity contribution in [1.29, 1.82) is 0 Å². The largest absolute Gasteiger partial charge is 0.458 e. The lowest BCUT2D eigenvalue weighted by atomic mass is 9.75. The first kappa shape index (κ1) is 20.8. The van der Waals surface area contributed by atoms with Crippen molar-refractivity contribution < 1.29 is 14.3 Å². The van der Waals surface area contributed by atoms with Gasteiger partial charge in [0.2, 0.25) is 5.91 Å². The van der Waals surface area contributed by atoms with Gasteiger partial charge in [-0.2, -0.15) is 0 Å². The molecule has 0 aromatic carbocycles. The number of nitrogens with one attached hydrogen (secondary N) is 2. The van der Waals surface area contributed by atoms with E-state index < -0.39 is 5.38 Å². The van der Waals surface area contributed by atoms with Crippen LogP contribution in [0.2, 0.25) is 0 Å². The van der Waals surface area contributed by atoms with Crippen molar-refractivity contribution in [2.45, 2.75) is 71.8 Å². The maximum absolute atomic E-state index is 13.0. The van der Waals surface area contributed by atoms with Crippen molar-refractivity contribution in [2.75, 3.05) is 5.32 Å². The summed E-state index contributed by atoms with van der Waals surface area (Å²) in [6.45, 7) is 12.1. The van der Waals surface area contributed by atoms with Crippen LogP contribution < -0.4 is 5.32 Å². The van der Waals surface area contributed by atoms with Gasteiger partial charge in [0.15, 0.2) is 0 Å². The average Bonchev–Trinajstić information content (AvgIpc) is 2.94. The third-order valence-corrected chi connectivity index (χ3v) is 5.46. The zero-order valence-corrected chi connectivity index (χ0v) is 17.3. The zero-order valence-electron chi connectivity index (χ0n) is 16.6. The van der Waals surface area contributed by atoms with Gasteiger partial charge in [-0.05, 0) is 49.0 Å². The van der Waals surface area contributed by atoms with Crippen LogP contribution in [0.15, 0.2) is 6.20 Å². The molecule has 3 atom stereocenters. The predicted molar refractivity (Wildman–Crippen MR) is 105 cm³/mol. The van der Waals surface area contributed by atoms with Crippen LogP contribution in [-0.2, 0) is 9.53 Å². The summed E-state index contributed by atoms with van der Waals surface area (Å²) in [6, 6.07) is 0. The van der Waals surface area contributed by atoms with E-state index in [9.17, 15) is 9.59 Å². The molecule has 1 aromatic rings. The van der Waals surface area contributed by atoms with Gasteiger partial charge < -0.3 is 15.0 Å². The van der Waals surface area contributed by atoms with Gasteiger partial charge in [0, 0.05) is 6.20 Å². The highest BCUT2D eigenvalue weighted by atomic mass is 35.5. The fourth-order valence-electron chi connectivity index (χ4n) is 4.04. The first-order chi connectivity index (χ1) is 12.1. The minimum absolute atomic E-state index is 0.107. The fourth-order valence-corrected chi connectivity index (χ4v) is 4.10. The SMILES string of the molecule is CC1CC(C)C(OC(=O)c2c(C(C)C)c[nH]c2NC(=O)C(C)Cl)C(C)C1. The first-order valence-corrected chi connectivity index (χ1v) is 9.92. The lowest BCUT2D eigenvalue weighted by molar-refractivity contribution is -0.115. The molecule has 0 aliphatic heterocycles. The molecular weight excluding hydrogens is 352 g/mol. The van der Waals surface area contributed by atoms with Crippen LogP contribution in [0.1, 0.15) is 76.2 Å². The highest BCUT2D eigenvalue weighted by molar-refractivity contribution is 6.32. The number of carbonyl (C=O) groups is 2. The summed E-state index contributed by atoms with van der Waals surface area (Å²) in [6.07, 6.45) is 3.76. The Kier molecular flexibility index (Phi) is 6.78. The molecule has 2 N–H and O–H groups in total. The van der Waals surface area contributed by atoms with E-state index in [-0.39, 0.29) is 23.9 Å². The van der Waals surface area contributed by atoms with Gasteiger partial charge in [-0.25, -0.2) is 4.79 Å². The quantitative estimate of drug-likeness (QED) is 0.560. The second-order valence-corrected chi connectivity index (χ2v) is 8.81. The van der Waals surface area contributed by atoms with Crippen molar-refractivity contribution >= 4 is 29.3 Å².